The number of methoxy groups -OCH3 is 1. The Kier molecular flexibility index (Phi) is 5.35. The van der Waals surface area contributed by atoms with Crippen molar-refractivity contribution in [1.29, 1.82) is 0 Å². The minimum Gasteiger partial charge on any atom is -0.383 e. The molecule has 0 atom stereocenters. The molecule has 7 nitrogen and oxygen atoms in total. The molecule has 2 heterocycles. The van der Waals surface area contributed by atoms with E-state index in [0.717, 1.165) is 12.0 Å². The molecule has 0 unspecified atom stereocenters. The van der Waals surface area contributed by atoms with Gasteiger partial charge in [-0.2, -0.15) is 10.2 Å². The molecule has 0 aromatic carbocycles. The molecule has 0 saturated heterocycles. The number of aryl methyl sites for hydroxylation is 1. The number of hydrogen-bond acceptors (Lipinski definition) is 5. The van der Waals surface area contributed by atoms with Crippen molar-refractivity contribution in [2.45, 2.75) is 13.0 Å². The van der Waals surface area contributed by atoms with E-state index in [4.69, 9.17) is 16.3 Å². The summed E-state index contributed by atoms with van der Waals surface area (Å²) in [6.07, 6.45) is 6.11. The molecule has 0 bridgehead atoms. The maximum absolute atomic E-state index is 12.0. The summed E-state index contributed by atoms with van der Waals surface area (Å²) in [5.74, 6) is 0. The van der Waals surface area contributed by atoms with Crippen LogP contribution in [0.15, 0.2) is 23.4 Å². The number of ether oxygens (including phenoxy) is 1. The average molecular weight is 312 g/mol. The fourth-order valence-corrected chi connectivity index (χ4v) is 2.08. The maximum Gasteiger partial charge on any atom is 0.287 e. The van der Waals surface area contributed by atoms with Crippen LogP contribution in [-0.4, -0.2) is 39.8 Å². The predicted octanol–water partition coefficient (Wildman–Crippen LogP) is 0.931. The topological polar surface area (TPSA) is 74.0 Å². The van der Waals surface area contributed by atoms with Crippen LogP contribution < -0.4 is 10.9 Å². The van der Waals surface area contributed by atoms with Crippen LogP contribution in [0.1, 0.15) is 5.56 Å². The lowest BCUT2D eigenvalue weighted by Crippen LogP contribution is -2.26. The molecular formula is C13H18ClN5O2. The molecule has 0 saturated carbocycles. The number of rotatable bonds is 7. The zero-order valence-electron chi connectivity index (χ0n) is 12.0. The number of aromatic nitrogens is 4. The Labute approximate surface area is 127 Å². The first-order valence-corrected chi connectivity index (χ1v) is 6.95. The van der Waals surface area contributed by atoms with Gasteiger partial charge >= 0.3 is 0 Å². The molecule has 114 valence electrons. The summed E-state index contributed by atoms with van der Waals surface area (Å²) in [6, 6.07) is 0. The molecule has 0 aliphatic carbocycles. The lowest BCUT2D eigenvalue weighted by atomic mass is 10.2. The van der Waals surface area contributed by atoms with E-state index in [1.165, 1.54) is 4.68 Å². The highest BCUT2D eigenvalue weighted by atomic mass is 35.5. The van der Waals surface area contributed by atoms with Gasteiger partial charge in [-0.3, -0.25) is 9.48 Å². The van der Waals surface area contributed by atoms with Crippen molar-refractivity contribution in [3.05, 3.63) is 39.5 Å². The molecule has 0 spiro atoms. The fourth-order valence-electron chi connectivity index (χ4n) is 1.87. The highest BCUT2D eigenvalue weighted by Gasteiger charge is 2.08. The van der Waals surface area contributed by atoms with Gasteiger partial charge in [0.15, 0.2) is 0 Å². The van der Waals surface area contributed by atoms with Gasteiger partial charge in [-0.15, -0.1) is 0 Å². The van der Waals surface area contributed by atoms with Crippen LogP contribution in [0.4, 0.5) is 5.69 Å². The summed E-state index contributed by atoms with van der Waals surface area (Å²) in [5, 5.41) is 11.4. The van der Waals surface area contributed by atoms with Crippen LogP contribution >= 0.6 is 11.6 Å². The minimum absolute atomic E-state index is 0.146. The highest BCUT2D eigenvalue weighted by molar-refractivity contribution is 6.32. The Morgan fingerprint density at radius 1 is 1.38 bits per heavy atom. The smallest absolute Gasteiger partial charge is 0.287 e. The van der Waals surface area contributed by atoms with E-state index < -0.39 is 0 Å². The van der Waals surface area contributed by atoms with Crippen LogP contribution in [0, 0.1) is 0 Å². The molecule has 0 fully saturated rings. The van der Waals surface area contributed by atoms with E-state index >= 15 is 0 Å². The summed E-state index contributed by atoms with van der Waals surface area (Å²) >= 11 is 6.07. The Hall–Kier alpha value is -1.86. The van der Waals surface area contributed by atoms with Crippen LogP contribution in [0.25, 0.3) is 0 Å². The molecule has 2 rings (SSSR count). The molecular weight excluding hydrogens is 294 g/mol. The molecule has 21 heavy (non-hydrogen) atoms. The average Bonchev–Trinajstić information content (AvgIpc) is 2.88. The zero-order chi connectivity index (χ0) is 15.2. The van der Waals surface area contributed by atoms with E-state index in [1.54, 1.807) is 18.0 Å². The second-order valence-electron chi connectivity index (χ2n) is 4.59. The Balaban J connectivity index is 1.97. The summed E-state index contributed by atoms with van der Waals surface area (Å²) in [7, 11) is 3.44. The Morgan fingerprint density at radius 3 is 2.86 bits per heavy atom. The van der Waals surface area contributed by atoms with E-state index in [9.17, 15) is 4.79 Å². The lowest BCUT2D eigenvalue weighted by molar-refractivity contribution is 0.182. The van der Waals surface area contributed by atoms with E-state index in [0.29, 0.717) is 25.4 Å². The van der Waals surface area contributed by atoms with Gasteiger partial charge < -0.3 is 10.1 Å². The largest absolute Gasteiger partial charge is 0.383 e. The molecule has 2 aromatic heterocycles. The van der Waals surface area contributed by atoms with Gasteiger partial charge in [-0.1, -0.05) is 11.6 Å². The number of halogens is 1. The predicted molar refractivity (Wildman–Crippen MR) is 80.8 cm³/mol. The first kappa shape index (κ1) is 15.5. The summed E-state index contributed by atoms with van der Waals surface area (Å²) in [5.41, 5.74) is 1.34. The zero-order valence-corrected chi connectivity index (χ0v) is 12.8. The van der Waals surface area contributed by atoms with E-state index in [1.807, 2.05) is 19.4 Å². The van der Waals surface area contributed by atoms with Crippen molar-refractivity contribution in [3.8, 4) is 0 Å². The van der Waals surface area contributed by atoms with Crippen molar-refractivity contribution in [3.63, 3.8) is 0 Å². The molecule has 1 N–H and O–H groups in total. The maximum atomic E-state index is 12.0. The first-order valence-electron chi connectivity index (χ1n) is 6.57. The first-order chi connectivity index (χ1) is 10.1. The molecule has 0 amide bonds. The number of nitrogens with one attached hydrogen (secondary N) is 1. The van der Waals surface area contributed by atoms with Crippen LogP contribution in [0.2, 0.25) is 5.02 Å². The van der Waals surface area contributed by atoms with Gasteiger partial charge in [0, 0.05) is 26.9 Å². The van der Waals surface area contributed by atoms with Gasteiger partial charge in [0.25, 0.3) is 5.56 Å². The van der Waals surface area contributed by atoms with Crippen molar-refractivity contribution in [2.75, 3.05) is 25.6 Å². The third kappa shape index (κ3) is 4.05. The molecule has 8 heteroatoms. The summed E-state index contributed by atoms with van der Waals surface area (Å²) < 4.78 is 7.96. The number of nitrogens with zero attached hydrogens (tertiary/aromatic N) is 4. The normalized spacial score (nSPS) is 10.8. The van der Waals surface area contributed by atoms with Gasteiger partial charge in [0.05, 0.1) is 31.2 Å². The minimum atomic E-state index is -0.319. The van der Waals surface area contributed by atoms with Crippen molar-refractivity contribution in [2.24, 2.45) is 7.05 Å². The van der Waals surface area contributed by atoms with Crippen molar-refractivity contribution >= 4 is 17.3 Å². The van der Waals surface area contributed by atoms with E-state index in [2.05, 4.69) is 15.5 Å². The quantitative estimate of drug-likeness (QED) is 0.823. The van der Waals surface area contributed by atoms with Crippen molar-refractivity contribution < 1.29 is 4.74 Å². The molecule has 0 aliphatic heterocycles. The number of anilines is 1. The van der Waals surface area contributed by atoms with Gasteiger partial charge in [-0.25, -0.2) is 4.68 Å². The standard InChI is InChI=1S/C13H18ClN5O2/c1-18-9-10(7-16-18)3-4-15-11-8-17-19(5-6-21-2)13(20)12(11)14/h7-9,15H,3-6H2,1-2H3. The van der Waals surface area contributed by atoms with Crippen LogP contribution in [0.5, 0.6) is 0 Å². The van der Waals surface area contributed by atoms with Gasteiger partial charge in [0.1, 0.15) is 5.02 Å². The van der Waals surface area contributed by atoms with Crippen LogP contribution in [0.3, 0.4) is 0 Å². The van der Waals surface area contributed by atoms with Gasteiger partial charge in [0.2, 0.25) is 0 Å². The fraction of sp³-hybridized carbons (Fsp3) is 0.462. The lowest BCUT2D eigenvalue weighted by Gasteiger charge is -2.09. The second kappa shape index (κ2) is 7.24. The highest BCUT2D eigenvalue weighted by Crippen LogP contribution is 2.15. The third-order valence-electron chi connectivity index (χ3n) is 2.98. The van der Waals surface area contributed by atoms with Crippen LogP contribution in [-0.2, 0) is 24.8 Å². The van der Waals surface area contributed by atoms with Crippen molar-refractivity contribution in [1.82, 2.24) is 19.6 Å². The summed E-state index contributed by atoms with van der Waals surface area (Å²) in [4.78, 5) is 12.0. The number of hydrogen-bond donors (Lipinski definition) is 1. The Bertz CT molecular complexity index is 652. The van der Waals surface area contributed by atoms with Gasteiger partial charge in [-0.05, 0) is 12.0 Å². The monoisotopic (exact) mass is 311 g/mol. The van der Waals surface area contributed by atoms with E-state index in [-0.39, 0.29) is 10.6 Å². The third-order valence-corrected chi connectivity index (χ3v) is 3.34. The summed E-state index contributed by atoms with van der Waals surface area (Å²) in [6.45, 7) is 1.44. The molecule has 0 aliphatic rings. The Morgan fingerprint density at radius 2 is 2.19 bits per heavy atom. The molecule has 0 radical (unpaired) electrons. The SMILES string of the molecule is COCCn1ncc(NCCc2cnn(C)c2)c(Cl)c1=O. The molecule has 2 aromatic rings. The second-order valence-corrected chi connectivity index (χ2v) is 4.97.